The van der Waals surface area contributed by atoms with Gasteiger partial charge in [-0.05, 0) is 24.3 Å². The number of carbonyl (C=O) groups is 1. The Morgan fingerprint density at radius 1 is 1.27 bits per heavy atom. The molecule has 0 saturated carbocycles. The van der Waals surface area contributed by atoms with E-state index in [0.717, 1.165) is 0 Å². The standard InChI is InChI=1S/C10H12N2O.C2H6/c1-7(12-2)10(13)8-3-5-9(11)6-4-8;1-2/h3-6,12H,1,11H2,2H3;1-2H3. The molecule has 0 unspecified atom stereocenters. The van der Waals surface area contributed by atoms with Gasteiger partial charge in [-0.25, -0.2) is 0 Å². The summed E-state index contributed by atoms with van der Waals surface area (Å²) in [5.41, 5.74) is 7.10. The minimum atomic E-state index is -0.109. The third-order valence-electron chi connectivity index (χ3n) is 1.75. The summed E-state index contributed by atoms with van der Waals surface area (Å²) in [6.07, 6.45) is 0. The van der Waals surface area contributed by atoms with Crippen molar-refractivity contribution in [2.75, 3.05) is 12.8 Å². The van der Waals surface area contributed by atoms with Gasteiger partial charge in [0.05, 0.1) is 5.70 Å². The zero-order valence-corrected chi connectivity index (χ0v) is 9.50. The summed E-state index contributed by atoms with van der Waals surface area (Å²) in [5.74, 6) is -0.109. The molecular weight excluding hydrogens is 188 g/mol. The van der Waals surface area contributed by atoms with Gasteiger partial charge in [-0.1, -0.05) is 20.4 Å². The normalized spacial score (nSPS) is 8.47. The molecule has 0 amide bonds. The van der Waals surface area contributed by atoms with Gasteiger partial charge in [0.15, 0.2) is 0 Å². The highest BCUT2D eigenvalue weighted by molar-refractivity contribution is 6.07. The molecule has 0 aliphatic carbocycles. The summed E-state index contributed by atoms with van der Waals surface area (Å²) in [6, 6.07) is 6.74. The fourth-order valence-corrected chi connectivity index (χ4v) is 0.922. The van der Waals surface area contributed by atoms with E-state index in [1.807, 2.05) is 13.8 Å². The first kappa shape index (κ1) is 13.2. The first-order valence-electron chi connectivity index (χ1n) is 4.92. The number of allylic oxidation sites excluding steroid dienone is 1. The SMILES string of the molecule is C=C(NC)C(=O)c1ccc(N)cc1.CC. The number of nitrogens with one attached hydrogen (secondary N) is 1. The zero-order chi connectivity index (χ0) is 11.8. The molecule has 3 N–H and O–H groups in total. The summed E-state index contributed by atoms with van der Waals surface area (Å²) in [5, 5.41) is 2.70. The molecule has 0 bridgehead atoms. The van der Waals surface area contributed by atoms with Crippen LogP contribution in [-0.2, 0) is 0 Å². The number of nitrogens with two attached hydrogens (primary N) is 1. The number of rotatable bonds is 3. The molecule has 1 aromatic carbocycles. The minimum absolute atomic E-state index is 0.109. The lowest BCUT2D eigenvalue weighted by Gasteiger charge is -2.03. The summed E-state index contributed by atoms with van der Waals surface area (Å²) in [6.45, 7) is 7.58. The van der Waals surface area contributed by atoms with E-state index in [0.29, 0.717) is 16.9 Å². The van der Waals surface area contributed by atoms with Crippen molar-refractivity contribution in [1.82, 2.24) is 5.32 Å². The highest BCUT2D eigenvalue weighted by Gasteiger charge is 2.07. The van der Waals surface area contributed by atoms with Crippen molar-refractivity contribution in [3.05, 3.63) is 42.1 Å². The van der Waals surface area contributed by atoms with Crippen molar-refractivity contribution in [3.8, 4) is 0 Å². The number of hydrogen-bond donors (Lipinski definition) is 2. The van der Waals surface area contributed by atoms with E-state index >= 15 is 0 Å². The predicted octanol–water partition coefficient (Wildman–Crippen LogP) is 2.21. The number of anilines is 1. The van der Waals surface area contributed by atoms with Gasteiger partial charge in [0, 0.05) is 18.3 Å². The molecular formula is C12H18N2O. The Balaban J connectivity index is 0.000000921. The minimum Gasteiger partial charge on any atom is -0.399 e. The first-order chi connectivity index (χ1) is 7.15. The molecule has 0 fully saturated rings. The summed E-state index contributed by atoms with van der Waals surface area (Å²) in [4.78, 5) is 11.5. The van der Waals surface area contributed by atoms with Crippen LogP contribution in [0.5, 0.6) is 0 Å². The average Bonchev–Trinajstić information content (AvgIpc) is 2.31. The van der Waals surface area contributed by atoms with Crippen LogP contribution >= 0.6 is 0 Å². The van der Waals surface area contributed by atoms with Gasteiger partial charge in [-0.3, -0.25) is 4.79 Å². The van der Waals surface area contributed by atoms with Gasteiger partial charge in [0.1, 0.15) is 0 Å². The molecule has 1 rings (SSSR count). The second-order valence-corrected chi connectivity index (χ2v) is 2.68. The maximum atomic E-state index is 11.5. The average molecular weight is 206 g/mol. The van der Waals surface area contributed by atoms with Crippen LogP contribution < -0.4 is 11.1 Å². The number of hydrogen-bond acceptors (Lipinski definition) is 3. The van der Waals surface area contributed by atoms with E-state index in [1.54, 1.807) is 31.3 Å². The van der Waals surface area contributed by atoms with E-state index in [2.05, 4.69) is 11.9 Å². The number of carbonyl (C=O) groups excluding carboxylic acids is 1. The fourth-order valence-electron chi connectivity index (χ4n) is 0.922. The van der Waals surface area contributed by atoms with Crippen molar-refractivity contribution in [2.45, 2.75) is 13.8 Å². The monoisotopic (exact) mass is 206 g/mol. The molecule has 0 radical (unpaired) electrons. The van der Waals surface area contributed by atoms with Crippen LogP contribution in [0.3, 0.4) is 0 Å². The summed E-state index contributed by atoms with van der Waals surface area (Å²) >= 11 is 0. The van der Waals surface area contributed by atoms with Gasteiger partial charge in [-0.15, -0.1) is 0 Å². The van der Waals surface area contributed by atoms with Crippen molar-refractivity contribution in [3.63, 3.8) is 0 Å². The predicted molar refractivity (Wildman–Crippen MR) is 64.7 cm³/mol. The molecule has 1 aromatic rings. The number of benzene rings is 1. The number of ketones is 1. The quantitative estimate of drug-likeness (QED) is 0.453. The Kier molecular flexibility index (Phi) is 5.86. The smallest absolute Gasteiger partial charge is 0.208 e. The van der Waals surface area contributed by atoms with Crippen LogP contribution in [0.2, 0.25) is 0 Å². The van der Waals surface area contributed by atoms with Gasteiger partial charge in [-0.2, -0.15) is 0 Å². The lowest BCUT2D eigenvalue weighted by Crippen LogP contribution is -2.14. The van der Waals surface area contributed by atoms with Crippen LogP contribution in [0.15, 0.2) is 36.5 Å². The molecule has 0 aliphatic rings. The van der Waals surface area contributed by atoms with E-state index in [1.165, 1.54) is 0 Å². The molecule has 15 heavy (non-hydrogen) atoms. The van der Waals surface area contributed by atoms with Crippen LogP contribution in [0.1, 0.15) is 24.2 Å². The van der Waals surface area contributed by atoms with E-state index in [-0.39, 0.29) is 5.78 Å². The molecule has 0 saturated heterocycles. The van der Waals surface area contributed by atoms with E-state index < -0.39 is 0 Å². The van der Waals surface area contributed by atoms with Crippen LogP contribution in [0, 0.1) is 0 Å². The van der Waals surface area contributed by atoms with Crippen LogP contribution in [0.25, 0.3) is 0 Å². The van der Waals surface area contributed by atoms with Crippen molar-refractivity contribution in [2.24, 2.45) is 0 Å². The van der Waals surface area contributed by atoms with E-state index in [9.17, 15) is 4.79 Å². The van der Waals surface area contributed by atoms with E-state index in [4.69, 9.17) is 5.73 Å². The molecule has 0 spiro atoms. The molecule has 0 aromatic heterocycles. The largest absolute Gasteiger partial charge is 0.399 e. The maximum absolute atomic E-state index is 11.5. The molecule has 3 heteroatoms. The number of nitrogen functional groups attached to an aromatic ring is 1. The first-order valence-corrected chi connectivity index (χ1v) is 4.92. The Morgan fingerprint density at radius 2 is 1.73 bits per heavy atom. The Bertz CT molecular complexity index is 328. The lowest BCUT2D eigenvalue weighted by molar-refractivity contribution is 0.102. The second kappa shape index (κ2) is 6.65. The van der Waals surface area contributed by atoms with Crippen molar-refractivity contribution >= 4 is 11.5 Å². The number of Topliss-reactive ketones (excluding diaryl/α,β-unsaturated/α-hetero) is 1. The molecule has 3 nitrogen and oxygen atoms in total. The third-order valence-corrected chi connectivity index (χ3v) is 1.75. The number of likely N-dealkylation sites (N-methyl/N-ethyl adjacent to an activating group) is 1. The zero-order valence-electron chi connectivity index (χ0n) is 9.50. The van der Waals surface area contributed by atoms with Crippen LogP contribution in [-0.4, -0.2) is 12.8 Å². The molecule has 0 heterocycles. The molecule has 0 atom stereocenters. The van der Waals surface area contributed by atoms with Gasteiger partial charge >= 0.3 is 0 Å². The fraction of sp³-hybridized carbons (Fsp3) is 0.250. The topological polar surface area (TPSA) is 55.1 Å². The highest BCUT2D eigenvalue weighted by atomic mass is 16.1. The third kappa shape index (κ3) is 3.85. The van der Waals surface area contributed by atoms with Gasteiger partial charge in [0.2, 0.25) is 5.78 Å². The summed E-state index contributed by atoms with van der Waals surface area (Å²) in [7, 11) is 1.66. The maximum Gasteiger partial charge on any atom is 0.208 e. The highest BCUT2D eigenvalue weighted by Crippen LogP contribution is 2.08. The lowest BCUT2D eigenvalue weighted by atomic mass is 10.1. The molecule has 82 valence electrons. The Morgan fingerprint density at radius 3 is 2.13 bits per heavy atom. The van der Waals surface area contributed by atoms with Gasteiger partial charge < -0.3 is 11.1 Å². The summed E-state index contributed by atoms with van der Waals surface area (Å²) < 4.78 is 0. The van der Waals surface area contributed by atoms with Crippen molar-refractivity contribution in [1.29, 1.82) is 0 Å². The molecule has 0 aliphatic heterocycles. The van der Waals surface area contributed by atoms with Crippen LogP contribution in [0.4, 0.5) is 5.69 Å². The van der Waals surface area contributed by atoms with Crippen molar-refractivity contribution < 1.29 is 4.79 Å². The van der Waals surface area contributed by atoms with Gasteiger partial charge in [0.25, 0.3) is 0 Å². The Hall–Kier alpha value is -1.77. The Labute approximate surface area is 91.0 Å². The second-order valence-electron chi connectivity index (χ2n) is 2.68.